The molecule has 0 saturated heterocycles. The third-order valence-electron chi connectivity index (χ3n) is 2.15. The van der Waals surface area contributed by atoms with Gasteiger partial charge in [0.2, 0.25) is 5.95 Å². The van der Waals surface area contributed by atoms with Crippen molar-refractivity contribution in [3.8, 4) is 6.01 Å². The standard InChI is InChI=1S/C11H10BrFN4O2/c1-2-19-11-15-10(16-17-11)14-9(18)6-3-4-7(12)8(13)5-6/h3-5H,2H2,1H3,(H2,14,15,16,17,18). The molecule has 2 aromatic rings. The highest BCUT2D eigenvalue weighted by molar-refractivity contribution is 9.10. The van der Waals surface area contributed by atoms with E-state index < -0.39 is 11.7 Å². The monoisotopic (exact) mass is 328 g/mol. The molecule has 6 nitrogen and oxygen atoms in total. The summed E-state index contributed by atoms with van der Waals surface area (Å²) in [5.41, 5.74) is 0.176. The van der Waals surface area contributed by atoms with Gasteiger partial charge in [-0.1, -0.05) is 0 Å². The van der Waals surface area contributed by atoms with E-state index >= 15 is 0 Å². The minimum atomic E-state index is -0.514. The topological polar surface area (TPSA) is 79.9 Å². The van der Waals surface area contributed by atoms with Crippen LogP contribution in [0, 0.1) is 5.82 Å². The van der Waals surface area contributed by atoms with Crippen LogP contribution in [-0.4, -0.2) is 27.7 Å². The average molecular weight is 329 g/mol. The molecule has 8 heteroatoms. The first kappa shape index (κ1) is 13.5. The molecule has 19 heavy (non-hydrogen) atoms. The number of nitrogens with zero attached hydrogens (tertiary/aromatic N) is 2. The zero-order valence-electron chi connectivity index (χ0n) is 9.91. The van der Waals surface area contributed by atoms with E-state index in [0.717, 1.165) is 6.07 Å². The number of rotatable bonds is 4. The Morgan fingerprint density at radius 2 is 2.37 bits per heavy atom. The number of hydrogen-bond acceptors (Lipinski definition) is 4. The summed E-state index contributed by atoms with van der Waals surface area (Å²) in [6.07, 6.45) is 0. The number of ether oxygens (including phenoxy) is 1. The number of benzene rings is 1. The van der Waals surface area contributed by atoms with Crippen molar-refractivity contribution in [3.63, 3.8) is 0 Å². The molecule has 0 aliphatic rings. The van der Waals surface area contributed by atoms with Crippen LogP contribution < -0.4 is 10.1 Å². The number of carbonyl (C=O) groups is 1. The van der Waals surface area contributed by atoms with Gasteiger partial charge in [0.1, 0.15) is 5.82 Å². The van der Waals surface area contributed by atoms with Crippen LogP contribution in [0.4, 0.5) is 10.3 Å². The van der Waals surface area contributed by atoms with Gasteiger partial charge in [0, 0.05) is 5.56 Å². The average Bonchev–Trinajstić information content (AvgIpc) is 2.80. The molecule has 0 atom stereocenters. The normalized spacial score (nSPS) is 10.3. The lowest BCUT2D eigenvalue weighted by molar-refractivity contribution is 0.102. The largest absolute Gasteiger partial charge is 0.463 e. The maximum Gasteiger partial charge on any atom is 0.337 e. The van der Waals surface area contributed by atoms with Gasteiger partial charge in [-0.3, -0.25) is 10.1 Å². The lowest BCUT2D eigenvalue weighted by Crippen LogP contribution is -2.13. The predicted octanol–water partition coefficient (Wildman–Crippen LogP) is 2.36. The van der Waals surface area contributed by atoms with Crippen LogP contribution in [0.5, 0.6) is 6.01 Å². The quantitative estimate of drug-likeness (QED) is 0.902. The number of amides is 1. The Labute approximate surface area is 116 Å². The van der Waals surface area contributed by atoms with Crippen LogP contribution in [0.3, 0.4) is 0 Å². The Morgan fingerprint density at radius 1 is 1.58 bits per heavy atom. The van der Waals surface area contributed by atoms with Crippen molar-refractivity contribution in [1.29, 1.82) is 0 Å². The summed E-state index contributed by atoms with van der Waals surface area (Å²) in [6.45, 7) is 2.21. The zero-order valence-corrected chi connectivity index (χ0v) is 11.5. The van der Waals surface area contributed by atoms with Gasteiger partial charge < -0.3 is 4.74 Å². The molecule has 0 aliphatic carbocycles. The lowest BCUT2D eigenvalue weighted by Gasteiger charge is -2.02. The van der Waals surface area contributed by atoms with Crippen molar-refractivity contribution in [2.24, 2.45) is 0 Å². The molecule has 0 saturated carbocycles. The van der Waals surface area contributed by atoms with Gasteiger partial charge in [-0.15, -0.1) is 5.10 Å². The maximum absolute atomic E-state index is 13.3. The van der Waals surface area contributed by atoms with Gasteiger partial charge in [0.05, 0.1) is 11.1 Å². The fourth-order valence-electron chi connectivity index (χ4n) is 1.31. The Morgan fingerprint density at radius 3 is 3.05 bits per heavy atom. The van der Waals surface area contributed by atoms with Gasteiger partial charge >= 0.3 is 6.01 Å². The second-order valence-electron chi connectivity index (χ2n) is 3.48. The highest BCUT2D eigenvalue weighted by atomic mass is 79.9. The molecule has 2 N–H and O–H groups in total. The Hall–Kier alpha value is -1.96. The number of hydrogen-bond donors (Lipinski definition) is 2. The third kappa shape index (κ3) is 3.28. The smallest absolute Gasteiger partial charge is 0.337 e. The molecule has 0 aliphatic heterocycles. The fraction of sp³-hybridized carbons (Fsp3) is 0.182. The zero-order chi connectivity index (χ0) is 13.8. The summed E-state index contributed by atoms with van der Waals surface area (Å²) < 4.78 is 18.6. The number of aromatic nitrogens is 3. The molecule has 2 rings (SSSR count). The van der Waals surface area contributed by atoms with E-state index in [1.165, 1.54) is 12.1 Å². The minimum Gasteiger partial charge on any atom is -0.463 e. The van der Waals surface area contributed by atoms with Crippen LogP contribution in [0.1, 0.15) is 17.3 Å². The van der Waals surface area contributed by atoms with Gasteiger partial charge in [-0.05, 0) is 41.1 Å². The Balaban J connectivity index is 2.09. The molecule has 0 spiro atoms. The SMILES string of the molecule is CCOc1n[nH]c(NC(=O)c2ccc(Br)c(F)c2)n1. The van der Waals surface area contributed by atoms with Gasteiger partial charge in [-0.2, -0.15) is 4.98 Å². The van der Waals surface area contributed by atoms with Crippen molar-refractivity contribution in [2.45, 2.75) is 6.92 Å². The van der Waals surface area contributed by atoms with E-state index in [0.29, 0.717) is 11.1 Å². The predicted molar refractivity (Wildman–Crippen MR) is 69.6 cm³/mol. The molecule has 0 fully saturated rings. The number of nitrogens with one attached hydrogen (secondary N) is 2. The van der Waals surface area contributed by atoms with Crippen LogP contribution in [0.2, 0.25) is 0 Å². The third-order valence-corrected chi connectivity index (χ3v) is 2.80. The van der Waals surface area contributed by atoms with Crippen molar-refractivity contribution < 1.29 is 13.9 Å². The maximum atomic E-state index is 13.3. The Kier molecular flexibility index (Phi) is 4.10. The first-order valence-electron chi connectivity index (χ1n) is 5.41. The molecular formula is C11H10BrFN4O2. The summed E-state index contributed by atoms with van der Waals surface area (Å²) in [4.78, 5) is 15.7. The number of halogens is 2. The summed E-state index contributed by atoms with van der Waals surface area (Å²) in [5.74, 6) is -0.873. The first-order valence-corrected chi connectivity index (χ1v) is 6.21. The van der Waals surface area contributed by atoms with Gasteiger partial charge in [0.25, 0.3) is 5.91 Å². The van der Waals surface area contributed by atoms with E-state index in [9.17, 15) is 9.18 Å². The van der Waals surface area contributed by atoms with E-state index in [2.05, 4.69) is 36.4 Å². The summed E-state index contributed by atoms with van der Waals surface area (Å²) in [5, 5.41) is 8.68. The van der Waals surface area contributed by atoms with Crippen molar-refractivity contribution in [1.82, 2.24) is 15.2 Å². The highest BCUT2D eigenvalue weighted by Crippen LogP contribution is 2.17. The van der Waals surface area contributed by atoms with E-state index in [1.807, 2.05) is 0 Å². The molecule has 1 amide bonds. The number of H-pyrrole nitrogens is 1. The van der Waals surface area contributed by atoms with Gasteiger partial charge in [-0.25, -0.2) is 9.49 Å². The molecule has 1 aromatic carbocycles. The molecule has 0 unspecified atom stereocenters. The first-order chi connectivity index (χ1) is 9.10. The second kappa shape index (κ2) is 5.79. The fourth-order valence-corrected chi connectivity index (χ4v) is 1.56. The van der Waals surface area contributed by atoms with Crippen molar-refractivity contribution in [3.05, 3.63) is 34.1 Å². The molecule has 1 heterocycles. The number of aromatic amines is 1. The molecule has 0 radical (unpaired) electrons. The van der Waals surface area contributed by atoms with E-state index in [-0.39, 0.29) is 17.5 Å². The second-order valence-corrected chi connectivity index (χ2v) is 4.34. The van der Waals surface area contributed by atoms with Crippen molar-refractivity contribution >= 4 is 27.8 Å². The summed E-state index contributed by atoms with van der Waals surface area (Å²) in [7, 11) is 0. The lowest BCUT2D eigenvalue weighted by atomic mass is 10.2. The molecule has 1 aromatic heterocycles. The van der Waals surface area contributed by atoms with Crippen LogP contribution >= 0.6 is 15.9 Å². The van der Waals surface area contributed by atoms with Crippen LogP contribution in [0.15, 0.2) is 22.7 Å². The summed E-state index contributed by atoms with van der Waals surface area (Å²) >= 11 is 3.01. The molecule has 100 valence electrons. The van der Waals surface area contributed by atoms with Gasteiger partial charge in [0.15, 0.2) is 0 Å². The molecule has 0 bridgehead atoms. The Bertz CT molecular complexity index is 602. The molecular weight excluding hydrogens is 319 g/mol. The van der Waals surface area contributed by atoms with Crippen LogP contribution in [-0.2, 0) is 0 Å². The van der Waals surface area contributed by atoms with Crippen molar-refractivity contribution in [2.75, 3.05) is 11.9 Å². The van der Waals surface area contributed by atoms with Crippen LogP contribution in [0.25, 0.3) is 0 Å². The highest BCUT2D eigenvalue weighted by Gasteiger charge is 2.11. The van der Waals surface area contributed by atoms with E-state index in [1.54, 1.807) is 6.92 Å². The number of anilines is 1. The number of carbonyl (C=O) groups excluding carboxylic acids is 1. The van der Waals surface area contributed by atoms with E-state index in [4.69, 9.17) is 4.74 Å². The minimum absolute atomic E-state index is 0.136. The summed E-state index contributed by atoms with van der Waals surface area (Å²) in [6, 6.07) is 4.21.